The average molecular weight is 474 g/mol. The molecule has 1 amide bonds. The lowest BCUT2D eigenvalue weighted by Gasteiger charge is -2.43. The van der Waals surface area contributed by atoms with Gasteiger partial charge in [0.15, 0.2) is 0 Å². The van der Waals surface area contributed by atoms with Crippen LogP contribution in [0.3, 0.4) is 0 Å². The van der Waals surface area contributed by atoms with Gasteiger partial charge in [-0.1, -0.05) is 31.0 Å². The molecule has 0 unspecified atom stereocenters. The number of hydrogen-bond donors (Lipinski definition) is 2. The second-order valence-electron chi connectivity index (χ2n) is 8.66. The quantitative estimate of drug-likeness (QED) is 0.638. The number of nitrogens with zero attached hydrogens (tertiary/aromatic N) is 1. The van der Waals surface area contributed by atoms with Crippen LogP contribution in [0.2, 0.25) is 0 Å². The number of sulfonamides is 1. The van der Waals surface area contributed by atoms with Crippen molar-refractivity contribution in [2.75, 3.05) is 35.9 Å². The molecular weight excluding hydrogens is 442 g/mol. The SMILES string of the molecule is Cc1ccccc1NS(=O)(=O)c1ccc(C(=O)NCC2(N3CCSCC3)CCCC2)cc1. The molecule has 172 valence electrons. The van der Waals surface area contributed by atoms with Crippen molar-refractivity contribution in [3.05, 3.63) is 59.7 Å². The summed E-state index contributed by atoms with van der Waals surface area (Å²) in [6.07, 6.45) is 4.67. The monoisotopic (exact) mass is 473 g/mol. The minimum absolute atomic E-state index is 0.0668. The Hall–Kier alpha value is -2.03. The molecule has 6 nitrogen and oxygen atoms in total. The van der Waals surface area contributed by atoms with Gasteiger partial charge in [0.1, 0.15) is 0 Å². The molecule has 0 spiro atoms. The Morgan fingerprint density at radius 1 is 1.03 bits per heavy atom. The van der Waals surface area contributed by atoms with Crippen molar-refractivity contribution in [1.82, 2.24) is 10.2 Å². The molecule has 2 N–H and O–H groups in total. The zero-order valence-electron chi connectivity index (χ0n) is 18.5. The van der Waals surface area contributed by atoms with Gasteiger partial charge < -0.3 is 5.32 Å². The number of benzene rings is 2. The molecule has 8 heteroatoms. The van der Waals surface area contributed by atoms with E-state index in [1.807, 2.05) is 30.8 Å². The number of para-hydroxylation sites is 1. The fraction of sp³-hybridized carbons (Fsp3) is 0.458. The van der Waals surface area contributed by atoms with Gasteiger partial charge in [-0.15, -0.1) is 0 Å². The number of thioether (sulfide) groups is 1. The van der Waals surface area contributed by atoms with Gasteiger partial charge in [0.05, 0.1) is 10.6 Å². The van der Waals surface area contributed by atoms with Gasteiger partial charge >= 0.3 is 0 Å². The number of aryl methyl sites for hydroxylation is 1. The first-order chi connectivity index (χ1) is 15.4. The third-order valence-corrected chi connectivity index (χ3v) is 8.93. The zero-order valence-corrected chi connectivity index (χ0v) is 20.1. The molecule has 2 aliphatic rings. The Kier molecular flexibility index (Phi) is 7.12. The third kappa shape index (κ3) is 5.13. The number of rotatable bonds is 7. The topological polar surface area (TPSA) is 78.5 Å². The van der Waals surface area contributed by atoms with Gasteiger partial charge in [-0.25, -0.2) is 8.42 Å². The lowest BCUT2D eigenvalue weighted by molar-refractivity contribution is 0.0817. The normalized spacial score (nSPS) is 18.9. The van der Waals surface area contributed by atoms with Gasteiger partial charge in [0.2, 0.25) is 0 Å². The summed E-state index contributed by atoms with van der Waals surface area (Å²) in [5.74, 6) is 2.16. The lowest BCUT2D eigenvalue weighted by Crippen LogP contribution is -2.56. The van der Waals surface area contributed by atoms with Crippen LogP contribution < -0.4 is 10.0 Å². The van der Waals surface area contributed by atoms with E-state index in [0.29, 0.717) is 17.8 Å². The standard InChI is InChI=1S/C24H31N3O3S2/c1-19-6-2-3-7-22(19)26-32(29,30)21-10-8-20(9-11-21)23(28)25-18-24(12-4-5-13-24)27-14-16-31-17-15-27/h2-3,6-11,26H,4-5,12-18H2,1H3,(H,25,28). The Morgan fingerprint density at radius 2 is 1.69 bits per heavy atom. The van der Waals surface area contributed by atoms with Crippen LogP contribution >= 0.6 is 11.8 Å². The summed E-state index contributed by atoms with van der Waals surface area (Å²) in [6.45, 7) is 4.67. The number of nitrogens with one attached hydrogen (secondary N) is 2. The van der Waals surface area contributed by atoms with E-state index < -0.39 is 10.0 Å². The smallest absolute Gasteiger partial charge is 0.261 e. The summed E-state index contributed by atoms with van der Waals surface area (Å²) in [7, 11) is -3.72. The van der Waals surface area contributed by atoms with Crippen molar-refractivity contribution in [1.29, 1.82) is 0 Å². The van der Waals surface area contributed by atoms with Gasteiger partial charge in [-0.3, -0.25) is 14.4 Å². The van der Waals surface area contributed by atoms with E-state index in [2.05, 4.69) is 14.9 Å². The molecule has 0 bridgehead atoms. The van der Waals surface area contributed by atoms with Gasteiger partial charge in [0.25, 0.3) is 15.9 Å². The van der Waals surface area contributed by atoms with Crippen LogP contribution in [0.4, 0.5) is 5.69 Å². The Bertz CT molecular complexity index is 1040. The Balaban J connectivity index is 1.41. The van der Waals surface area contributed by atoms with Gasteiger partial charge in [0, 0.05) is 42.2 Å². The van der Waals surface area contributed by atoms with Gasteiger partial charge in [-0.05, 0) is 55.7 Å². The highest BCUT2D eigenvalue weighted by atomic mass is 32.2. The van der Waals surface area contributed by atoms with Gasteiger partial charge in [-0.2, -0.15) is 11.8 Å². The first-order valence-electron chi connectivity index (χ1n) is 11.2. The molecule has 0 aromatic heterocycles. The second-order valence-corrected chi connectivity index (χ2v) is 11.6. The highest BCUT2D eigenvalue weighted by molar-refractivity contribution is 7.99. The molecule has 0 atom stereocenters. The summed E-state index contributed by atoms with van der Waals surface area (Å²) in [4.78, 5) is 15.5. The predicted octanol–water partition coefficient (Wildman–Crippen LogP) is 3.89. The largest absolute Gasteiger partial charge is 0.350 e. The van der Waals surface area contributed by atoms with Crippen molar-refractivity contribution in [2.24, 2.45) is 0 Å². The first-order valence-corrected chi connectivity index (χ1v) is 13.8. The third-order valence-electron chi connectivity index (χ3n) is 6.61. The summed E-state index contributed by atoms with van der Waals surface area (Å²) in [6, 6.07) is 13.4. The molecular formula is C24H31N3O3S2. The molecule has 2 fully saturated rings. The minimum atomic E-state index is -3.72. The fourth-order valence-corrected chi connectivity index (χ4v) is 6.73. The number of anilines is 1. The minimum Gasteiger partial charge on any atom is -0.350 e. The summed E-state index contributed by atoms with van der Waals surface area (Å²) in [5.41, 5.74) is 1.94. The van der Waals surface area contributed by atoms with Crippen LogP contribution in [-0.2, 0) is 10.0 Å². The van der Waals surface area contributed by atoms with E-state index in [4.69, 9.17) is 0 Å². The molecule has 1 heterocycles. The molecule has 1 aliphatic heterocycles. The van der Waals surface area contributed by atoms with Crippen molar-refractivity contribution in [3.8, 4) is 0 Å². The van der Waals surface area contributed by atoms with E-state index in [-0.39, 0.29) is 16.3 Å². The molecule has 1 aliphatic carbocycles. The van der Waals surface area contributed by atoms with Crippen LogP contribution in [0.15, 0.2) is 53.4 Å². The van der Waals surface area contributed by atoms with Crippen molar-refractivity contribution in [3.63, 3.8) is 0 Å². The summed E-state index contributed by atoms with van der Waals surface area (Å²) >= 11 is 2.00. The van der Waals surface area contributed by atoms with Crippen LogP contribution in [0.1, 0.15) is 41.6 Å². The lowest BCUT2D eigenvalue weighted by atomic mass is 9.94. The zero-order chi connectivity index (χ0) is 22.6. The van der Waals surface area contributed by atoms with Crippen LogP contribution in [-0.4, -0.2) is 55.9 Å². The highest BCUT2D eigenvalue weighted by Gasteiger charge is 2.40. The molecule has 2 aromatic carbocycles. The Morgan fingerprint density at radius 3 is 2.34 bits per heavy atom. The maximum absolute atomic E-state index is 12.8. The van der Waals surface area contributed by atoms with Crippen LogP contribution in [0, 0.1) is 6.92 Å². The van der Waals surface area contributed by atoms with E-state index in [1.165, 1.54) is 25.0 Å². The van der Waals surface area contributed by atoms with E-state index >= 15 is 0 Å². The second kappa shape index (κ2) is 9.85. The van der Waals surface area contributed by atoms with Crippen LogP contribution in [0.25, 0.3) is 0 Å². The van der Waals surface area contributed by atoms with Crippen molar-refractivity contribution in [2.45, 2.75) is 43.0 Å². The van der Waals surface area contributed by atoms with E-state index in [1.54, 1.807) is 24.3 Å². The first kappa shape index (κ1) is 23.1. The Labute approximate surface area is 195 Å². The van der Waals surface area contributed by atoms with Crippen molar-refractivity contribution >= 4 is 33.4 Å². The maximum Gasteiger partial charge on any atom is 0.261 e. The highest BCUT2D eigenvalue weighted by Crippen LogP contribution is 2.36. The molecule has 1 saturated carbocycles. The molecule has 1 saturated heterocycles. The van der Waals surface area contributed by atoms with Crippen LogP contribution in [0.5, 0.6) is 0 Å². The molecule has 0 radical (unpaired) electrons. The number of carbonyl (C=O) groups is 1. The van der Waals surface area contributed by atoms with Crippen molar-refractivity contribution < 1.29 is 13.2 Å². The predicted molar refractivity (Wildman–Crippen MR) is 131 cm³/mol. The van der Waals surface area contributed by atoms with E-state index in [9.17, 15) is 13.2 Å². The number of hydrogen-bond acceptors (Lipinski definition) is 5. The molecule has 32 heavy (non-hydrogen) atoms. The number of amides is 1. The average Bonchev–Trinajstić information content (AvgIpc) is 3.30. The number of carbonyl (C=O) groups excluding carboxylic acids is 1. The summed E-state index contributed by atoms with van der Waals surface area (Å²) < 4.78 is 28.1. The molecule has 2 aromatic rings. The summed E-state index contributed by atoms with van der Waals surface area (Å²) in [5, 5.41) is 3.13. The fourth-order valence-electron chi connectivity index (χ4n) is 4.70. The van der Waals surface area contributed by atoms with E-state index in [0.717, 1.165) is 43.0 Å². The molecule has 4 rings (SSSR count). The maximum atomic E-state index is 12.8.